The van der Waals surface area contributed by atoms with Crippen LogP contribution < -0.4 is 5.32 Å². The Bertz CT molecular complexity index is 198. The van der Waals surface area contributed by atoms with Crippen LogP contribution in [0.3, 0.4) is 0 Å². The second-order valence-electron chi connectivity index (χ2n) is 4.99. The first-order chi connectivity index (χ1) is 7.27. The number of hydrogen-bond acceptors (Lipinski definition) is 3. The van der Waals surface area contributed by atoms with Gasteiger partial charge in [0.15, 0.2) is 0 Å². The number of aliphatic hydroxyl groups is 1. The van der Waals surface area contributed by atoms with Crippen molar-refractivity contribution in [1.82, 2.24) is 5.32 Å². The molecule has 1 saturated carbocycles. The summed E-state index contributed by atoms with van der Waals surface area (Å²) in [6, 6.07) is 0.499. The Balaban J connectivity index is 1.72. The van der Waals surface area contributed by atoms with Crippen molar-refractivity contribution in [3.63, 3.8) is 0 Å². The monoisotopic (exact) mass is 213 g/mol. The summed E-state index contributed by atoms with van der Waals surface area (Å²) in [5.74, 6) is 0.464. The highest BCUT2D eigenvalue weighted by molar-refractivity contribution is 4.82. The molecule has 3 nitrogen and oxygen atoms in total. The largest absolute Gasteiger partial charge is 0.393 e. The number of rotatable bonds is 3. The average Bonchev–Trinajstić information content (AvgIpc) is 2.63. The summed E-state index contributed by atoms with van der Waals surface area (Å²) in [5, 5.41) is 13.4. The maximum absolute atomic E-state index is 9.84. The van der Waals surface area contributed by atoms with Gasteiger partial charge < -0.3 is 15.2 Å². The second kappa shape index (κ2) is 5.28. The molecule has 3 heteroatoms. The Morgan fingerprint density at radius 2 is 2.07 bits per heavy atom. The topological polar surface area (TPSA) is 41.5 Å². The molecule has 15 heavy (non-hydrogen) atoms. The van der Waals surface area contributed by atoms with E-state index in [2.05, 4.69) is 12.2 Å². The van der Waals surface area contributed by atoms with Crippen LogP contribution in [0.4, 0.5) is 0 Å². The highest BCUT2D eigenvalue weighted by Crippen LogP contribution is 2.24. The molecule has 88 valence electrons. The first kappa shape index (κ1) is 11.4. The number of aliphatic hydroxyl groups excluding tert-OH is 1. The molecule has 1 saturated heterocycles. The maximum Gasteiger partial charge on any atom is 0.0700 e. The van der Waals surface area contributed by atoms with Gasteiger partial charge in [0.05, 0.1) is 12.2 Å². The van der Waals surface area contributed by atoms with Gasteiger partial charge in [-0.3, -0.25) is 0 Å². The van der Waals surface area contributed by atoms with Crippen molar-refractivity contribution in [2.75, 3.05) is 13.2 Å². The third-order valence-corrected chi connectivity index (χ3v) is 3.89. The number of hydrogen-bond donors (Lipinski definition) is 2. The molecule has 0 aromatic rings. The van der Waals surface area contributed by atoms with Crippen molar-refractivity contribution in [2.24, 2.45) is 5.92 Å². The predicted octanol–water partition coefficient (Wildman–Crippen LogP) is 1.30. The van der Waals surface area contributed by atoms with E-state index in [9.17, 15) is 5.11 Å². The van der Waals surface area contributed by atoms with E-state index in [1.807, 2.05) is 0 Å². The van der Waals surface area contributed by atoms with Gasteiger partial charge in [0.1, 0.15) is 0 Å². The van der Waals surface area contributed by atoms with E-state index in [-0.39, 0.29) is 6.10 Å². The zero-order valence-corrected chi connectivity index (χ0v) is 9.61. The van der Waals surface area contributed by atoms with E-state index in [4.69, 9.17) is 4.74 Å². The minimum absolute atomic E-state index is 0.0797. The molecule has 0 radical (unpaired) electrons. The second-order valence-corrected chi connectivity index (χ2v) is 4.99. The predicted molar refractivity (Wildman–Crippen MR) is 59.8 cm³/mol. The third kappa shape index (κ3) is 2.92. The van der Waals surface area contributed by atoms with E-state index < -0.39 is 0 Å². The van der Waals surface area contributed by atoms with Crippen LogP contribution >= 0.6 is 0 Å². The molecule has 2 rings (SSSR count). The summed E-state index contributed by atoms with van der Waals surface area (Å²) < 4.78 is 5.51. The van der Waals surface area contributed by atoms with Gasteiger partial charge in [-0.25, -0.2) is 0 Å². The van der Waals surface area contributed by atoms with Crippen LogP contribution in [0.1, 0.15) is 39.0 Å². The van der Waals surface area contributed by atoms with Crippen LogP contribution in [0, 0.1) is 5.92 Å². The minimum atomic E-state index is -0.0797. The molecular weight excluding hydrogens is 190 g/mol. The summed E-state index contributed by atoms with van der Waals surface area (Å²) in [4.78, 5) is 0. The van der Waals surface area contributed by atoms with Gasteiger partial charge in [-0.15, -0.1) is 0 Å². The lowest BCUT2D eigenvalue weighted by molar-refractivity contribution is 0.0641. The van der Waals surface area contributed by atoms with Crippen LogP contribution in [0.5, 0.6) is 0 Å². The number of nitrogens with one attached hydrogen (secondary N) is 1. The molecule has 4 atom stereocenters. The Labute approximate surface area is 92.2 Å². The Morgan fingerprint density at radius 3 is 2.73 bits per heavy atom. The smallest absolute Gasteiger partial charge is 0.0700 e. The molecule has 2 N–H and O–H groups in total. The molecule has 4 unspecified atom stereocenters. The van der Waals surface area contributed by atoms with E-state index in [1.165, 1.54) is 19.3 Å². The van der Waals surface area contributed by atoms with Crippen LogP contribution in [0.2, 0.25) is 0 Å². The van der Waals surface area contributed by atoms with Crippen LogP contribution in [0.15, 0.2) is 0 Å². The molecule has 0 aromatic heterocycles. The van der Waals surface area contributed by atoms with Gasteiger partial charge in [-0.05, 0) is 32.1 Å². The molecule has 0 aromatic carbocycles. The van der Waals surface area contributed by atoms with Crippen molar-refractivity contribution >= 4 is 0 Å². The normalized spacial score (nSPS) is 42.0. The summed E-state index contributed by atoms with van der Waals surface area (Å²) >= 11 is 0. The molecule has 0 bridgehead atoms. The molecule has 2 fully saturated rings. The fourth-order valence-electron chi connectivity index (χ4n) is 2.73. The zero-order chi connectivity index (χ0) is 10.7. The quantitative estimate of drug-likeness (QED) is 0.742. The lowest BCUT2D eigenvalue weighted by Crippen LogP contribution is -2.41. The van der Waals surface area contributed by atoms with Crippen molar-refractivity contribution in [3.8, 4) is 0 Å². The van der Waals surface area contributed by atoms with Crippen molar-refractivity contribution in [3.05, 3.63) is 0 Å². The van der Waals surface area contributed by atoms with Gasteiger partial charge >= 0.3 is 0 Å². The molecule has 1 aliphatic heterocycles. The highest BCUT2D eigenvalue weighted by atomic mass is 16.5. The van der Waals surface area contributed by atoms with Crippen molar-refractivity contribution in [2.45, 2.75) is 57.3 Å². The van der Waals surface area contributed by atoms with Crippen molar-refractivity contribution < 1.29 is 9.84 Å². The fourth-order valence-corrected chi connectivity index (χ4v) is 2.73. The molecule has 1 aliphatic carbocycles. The Morgan fingerprint density at radius 1 is 1.27 bits per heavy atom. The van der Waals surface area contributed by atoms with Crippen molar-refractivity contribution in [1.29, 1.82) is 0 Å². The van der Waals surface area contributed by atoms with E-state index in [0.29, 0.717) is 18.1 Å². The molecule has 1 heterocycles. The zero-order valence-electron chi connectivity index (χ0n) is 9.61. The highest BCUT2D eigenvalue weighted by Gasteiger charge is 2.27. The van der Waals surface area contributed by atoms with Gasteiger partial charge in [0, 0.05) is 19.2 Å². The summed E-state index contributed by atoms with van der Waals surface area (Å²) in [7, 11) is 0. The van der Waals surface area contributed by atoms with E-state index >= 15 is 0 Å². The SMILES string of the molecule is CC1OCCC1NCC1CCCCC1O. The van der Waals surface area contributed by atoms with E-state index in [1.54, 1.807) is 0 Å². The Hall–Kier alpha value is -0.120. The Kier molecular flexibility index (Phi) is 4.00. The van der Waals surface area contributed by atoms with E-state index in [0.717, 1.165) is 26.0 Å². The van der Waals surface area contributed by atoms with Gasteiger partial charge in [-0.1, -0.05) is 12.8 Å². The first-order valence-electron chi connectivity index (χ1n) is 6.30. The average molecular weight is 213 g/mol. The third-order valence-electron chi connectivity index (χ3n) is 3.89. The molecule has 2 aliphatic rings. The lowest BCUT2D eigenvalue weighted by atomic mass is 9.86. The van der Waals surface area contributed by atoms with Crippen LogP contribution in [-0.4, -0.2) is 36.5 Å². The van der Waals surface area contributed by atoms with Gasteiger partial charge in [0.2, 0.25) is 0 Å². The number of ether oxygens (including phenoxy) is 1. The van der Waals surface area contributed by atoms with Crippen LogP contribution in [0.25, 0.3) is 0 Å². The lowest BCUT2D eigenvalue weighted by Gasteiger charge is -2.29. The fraction of sp³-hybridized carbons (Fsp3) is 1.00. The van der Waals surface area contributed by atoms with Crippen LogP contribution in [-0.2, 0) is 4.74 Å². The molecule has 0 amide bonds. The minimum Gasteiger partial charge on any atom is -0.393 e. The van der Waals surface area contributed by atoms with Gasteiger partial charge in [-0.2, -0.15) is 0 Å². The molecule has 0 spiro atoms. The summed E-state index contributed by atoms with van der Waals surface area (Å²) in [5.41, 5.74) is 0. The summed E-state index contributed by atoms with van der Waals surface area (Å²) in [6.07, 6.45) is 6.01. The maximum atomic E-state index is 9.84. The standard InChI is InChI=1S/C12H23NO2/c1-9-11(6-7-15-9)13-8-10-4-2-3-5-12(10)14/h9-14H,2-8H2,1H3. The summed E-state index contributed by atoms with van der Waals surface area (Å²) in [6.45, 7) is 3.97. The first-order valence-corrected chi connectivity index (χ1v) is 6.30. The molecular formula is C12H23NO2. The van der Waals surface area contributed by atoms with Gasteiger partial charge in [0.25, 0.3) is 0 Å².